The summed E-state index contributed by atoms with van der Waals surface area (Å²) in [5, 5.41) is 0.656. The molecule has 2 aromatic carbocycles. The number of carbonyl (C=O) groups is 1. The van der Waals surface area contributed by atoms with Gasteiger partial charge in [-0.15, -0.1) is 0 Å². The summed E-state index contributed by atoms with van der Waals surface area (Å²) in [5.41, 5.74) is 1.86. The van der Waals surface area contributed by atoms with Crippen LogP contribution in [-0.4, -0.2) is 57.1 Å². The van der Waals surface area contributed by atoms with E-state index in [-0.39, 0.29) is 24.5 Å². The zero-order valence-electron chi connectivity index (χ0n) is 18.5. The molecule has 0 fully saturated rings. The lowest BCUT2D eigenvalue weighted by atomic mass is 10.2. The van der Waals surface area contributed by atoms with Crippen molar-refractivity contribution >= 4 is 58.4 Å². The Labute approximate surface area is 202 Å². The lowest BCUT2D eigenvalue weighted by molar-refractivity contribution is -0.118. The molecule has 32 heavy (non-hydrogen) atoms. The van der Waals surface area contributed by atoms with Crippen LogP contribution in [0.5, 0.6) is 0 Å². The molecular formula is C23H28BrN3O3S2. The summed E-state index contributed by atoms with van der Waals surface area (Å²) >= 11 is 4.95. The van der Waals surface area contributed by atoms with Gasteiger partial charge in [-0.2, -0.15) is 0 Å². The molecular weight excluding hydrogens is 510 g/mol. The Bertz CT molecular complexity index is 1170. The van der Waals surface area contributed by atoms with E-state index in [1.165, 1.54) is 11.3 Å². The third-order valence-corrected chi connectivity index (χ3v) is 8.39. The predicted molar refractivity (Wildman–Crippen MR) is 135 cm³/mol. The van der Waals surface area contributed by atoms with E-state index in [0.717, 1.165) is 33.2 Å². The zero-order valence-corrected chi connectivity index (χ0v) is 21.8. The molecule has 0 aliphatic carbocycles. The van der Waals surface area contributed by atoms with Crippen molar-refractivity contribution in [1.29, 1.82) is 0 Å². The first kappa shape index (κ1) is 24.8. The van der Waals surface area contributed by atoms with Crippen molar-refractivity contribution in [3.8, 4) is 0 Å². The first-order chi connectivity index (χ1) is 15.2. The normalized spacial score (nSPS) is 11.9. The lowest BCUT2D eigenvalue weighted by Crippen LogP contribution is -2.33. The molecule has 3 aromatic rings. The molecule has 1 amide bonds. The fourth-order valence-electron chi connectivity index (χ4n) is 3.29. The van der Waals surface area contributed by atoms with Gasteiger partial charge < -0.3 is 4.90 Å². The SMILES string of the molecule is Cc1ccc(S(=O)(=O)CCCC(=O)N(CCCN(C)C)c2nc3ccc(Br)cc3s2)cc1. The van der Waals surface area contributed by atoms with E-state index in [2.05, 4.69) is 25.8 Å². The molecule has 0 saturated heterocycles. The van der Waals surface area contributed by atoms with Crippen molar-refractivity contribution < 1.29 is 13.2 Å². The Morgan fingerprint density at radius 3 is 2.47 bits per heavy atom. The van der Waals surface area contributed by atoms with Gasteiger partial charge in [0.15, 0.2) is 15.0 Å². The number of sulfone groups is 1. The van der Waals surface area contributed by atoms with Crippen molar-refractivity contribution in [2.24, 2.45) is 0 Å². The smallest absolute Gasteiger partial charge is 0.228 e. The Kier molecular flexibility index (Phi) is 8.43. The molecule has 0 unspecified atom stereocenters. The Morgan fingerprint density at radius 2 is 1.78 bits per heavy atom. The van der Waals surface area contributed by atoms with Gasteiger partial charge in [-0.1, -0.05) is 45.0 Å². The van der Waals surface area contributed by atoms with Gasteiger partial charge in [-0.25, -0.2) is 13.4 Å². The quantitative estimate of drug-likeness (QED) is 0.367. The maximum absolute atomic E-state index is 13.1. The summed E-state index contributed by atoms with van der Waals surface area (Å²) in [6.45, 7) is 3.31. The van der Waals surface area contributed by atoms with Gasteiger partial charge in [0.05, 0.1) is 20.9 Å². The third-order valence-electron chi connectivity index (χ3n) is 5.04. The van der Waals surface area contributed by atoms with Crippen molar-refractivity contribution in [2.75, 3.05) is 37.8 Å². The number of benzene rings is 2. The number of rotatable bonds is 10. The number of anilines is 1. The second kappa shape index (κ2) is 10.9. The Balaban J connectivity index is 1.70. The van der Waals surface area contributed by atoms with Crippen LogP contribution >= 0.6 is 27.3 Å². The number of amides is 1. The first-order valence-electron chi connectivity index (χ1n) is 10.5. The van der Waals surface area contributed by atoms with Crippen molar-refractivity contribution in [2.45, 2.75) is 31.1 Å². The van der Waals surface area contributed by atoms with Crippen molar-refractivity contribution in [3.63, 3.8) is 0 Å². The number of fused-ring (bicyclic) bond motifs is 1. The topological polar surface area (TPSA) is 70.6 Å². The van der Waals surface area contributed by atoms with Gasteiger partial charge in [-0.05, 0) is 70.7 Å². The van der Waals surface area contributed by atoms with Crippen LogP contribution in [0.1, 0.15) is 24.8 Å². The highest BCUT2D eigenvalue weighted by Gasteiger charge is 2.21. The average Bonchev–Trinajstić information content (AvgIpc) is 3.13. The van der Waals surface area contributed by atoms with Gasteiger partial charge in [0.25, 0.3) is 0 Å². The molecule has 172 valence electrons. The van der Waals surface area contributed by atoms with Crippen LogP contribution in [0, 0.1) is 6.92 Å². The number of aryl methyl sites for hydroxylation is 1. The van der Waals surface area contributed by atoms with Gasteiger partial charge >= 0.3 is 0 Å². The monoisotopic (exact) mass is 537 g/mol. The standard InChI is InChI=1S/C23H28BrN3O3S2/c1-17-7-10-19(11-8-17)32(29,30)15-4-6-22(28)27(14-5-13-26(2)3)23-25-20-12-9-18(24)16-21(20)31-23/h7-12,16H,4-6,13-15H2,1-3H3. The van der Waals surface area contributed by atoms with Crippen LogP contribution < -0.4 is 4.90 Å². The van der Waals surface area contributed by atoms with E-state index in [4.69, 9.17) is 0 Å². The highest BCUT2D eigenvalue weighted by Crippen LogP contribution is 2.31. The average molecular weight is 539 g/mol. The van der Waals surface area contributed by atoms with Crippen molar-refractivity contribution in [1.82, 2.24) is 9.88 Å². The van der Waals surface area contributed by atoms with E-state index >= 15 is 0 Å². The molecule has 0 aliphatic heterocycles. The lowest BCUT2D eigenvalue weighted by Gasteiger charge is -2.21. The Morgan fingerprint density at radius 1 is 1.06 bits per heavy atom. The molecule has 3 rings (SSSR count). The molecule has 0 aliphatic rings. The number of hydrogen-bond acceptors (Lipinski definition) is 6. The molecule has 6 nitrogen and oxygen atoms in total. The fourth-order valence-corrected chi connectivity index (χ4v) is 6.16. The van der Waals surface area contributed by atoms with Gasteiger partial charge in [0.2, 0.25) is 5.91 Å². The van der Waals surface area contributed by atoms with Gasteiger partial charge in [0.1, 0.15) is 0 Å². The second-order valence-electron chi connectivity index (χ2n) is 8.05. The molecule has 0 radical (unpaired) electrons. The summed E-state index contributed by atoms with van der Waals surface area (Å²) in [6.07, 6.45) is 1.24. The number of halogens is 1. The molecule has 0 bridgehead atoms. The van der Waals surface area contributed by atoms with Crippen LogP contribution in [0.25, 0.3) is 10.2 Å². The van der Waals surface area contributed by atoms with E-state index in [0.29, 0.717) is 16.6 Å². The highest BCUT2D eigenvalue weighted by atomic mass is 79.9. The van der Waals surface area contributed by atoms with Crippen LogP contribution in [0.2, 0.25) is 0 Å². The summed E-state index contributed by atoms with van der Waals surface area (Å²) in [4.78, 5) is 21.8. The number of hydrogen-bond donors (Lipinski definition) is 0. The minimum Gasteiger partial charge on any atom is -0.309 e. The number of carbonyl (C=O) groups excluding carboxylic acids is 1. The van der Waals surface area contributed by atoms with E-state index < -0.39 is 9.84 Å². The van der Waals surface area contributed by atoms with E-state index in [9.17, 15) is 13.2 Å². The molecule has 0 spiro atoms. The van der Waals surface area contributed by atoms with E-state index in [1.54, 1.807) is 29.2 Å². The molecule has 1 aromatic heterocycles. The van der Waals surface area contributed by atoms with Gasteiger partial charge in [-0.3, -0.25) is 9.69 Å². The number of aromatic nitrogens is 1. The molecule has 1 heterocycles. The summed E-state index contributed by atoms with van der Waals surface area (Å²) < 4.78 is 27.2. The summed E-state index contributed by atoms with van der Waals surface area (Å²) in [7, 11) is 0.583. The van der Waals surface area contributed by atoms with Crippen LogP contribution in [0.4, 0.5) is 5.13 Å². The largest absolute Gasteiger partial charge is 0.309 e. The van der Waals surface area contributed by atoms with Crippen LogP contribution in [0.15, 0.2) is 51.8 Å². The summed E-state index contributed by atoms with van der Waals surface area (Å²) in [6, 6.07) is 12.7. The maximum atomic E-state index is 13.1. The van der Waals surface area contributed by atoms with Gasteiger partial charge in [0, 0.05) is 17.4 Å². The zero-order chi connectivity index (χ0) is 23.3. The fraction of sp³-hybridized carbons (Fsp3) is 0.391. The van der Waals surface area contributed by atoms with Crippen LogP contribution in [0.3, 0.4) is 0 Å². The van der Waals surface area contributed by atoms with Crippen molar-refractivity contribution in [3.05, 3.63) is 52.5 Å². The number of thiazole rings is 1. The maximum Gasteiger partial charge on any atom is 0.228 e. The summed E-state index contributed by atoms with van der Waals surface area (Å²) in [5.74, 6) is -0.152. The van der Waals surface area contributed by atoms with E-state index in [1.807, 2.05) is 39.2 Å². The minimum absolute atomic E-state index is 0.0554. The molecule has 9 heteroatoms. The third kappa shape index (κ3) is 6.60. The molecule has 0 saturated carbocycles. The Hall–Kier alpha value is -1.81. The predicted octanol–water partition coefficient (Wildman–Crippen LogP) is 4.91. The second-order valence-corrected chi connectivity index (χ2v) is 12.1. The minimum atomic E-state index is -3.41. The molecule has 0 N–H and O–H groups in total. The van der Waals surface area contributed by atoms with Crippen LogP contribution in [-0.2, 0) is 14.6 Å². The first-order valence-corrected chi connectivity index (χ1v) is 13.7. The molecule has 0 atom stereocenters. The number of nitrogens with zero attached hydrogens (tertiary/aromatic N) is 3. The highest BCUT2D eigenvalue weighted by molar-refractivity contribution is 9.10.